The summed E-state index contributed by atoms with van der Waals surface area (Å²) in [4.78, 5) is 0. The van der Waals surface area contributed by atoms with Gasteiger partial charge in [-0.05, 0) is 60.8 Å². The number of rotatable bonds is 10. The first-order valence-electron chi connectivity index (χ1n) is 8.96. The van der Waals surface area contributed by atoms with Crippen LogP contribution >= 0.6 is 0 Å². The van der Waals surface area contributed by atoms with Gasteiger partial charge in [0.15, 0.2) is 11.5 Å². The lowest BCUT2D eigenvalue weighted by atomic mass is 9.76. The zero-order chi connectivity index (χ0) is 18.1. The standard InChI is InChI=1S/C23H30O2/c1-5-15-23(2,16-13-19-9-7-6-8-10-19)17-14-20-11-12-21(24-3)22(18-20)25-4/h5-12,18H,1,13-17H2,2-4H3/t23-/m1/s1. The highest BCUT2D eigenvalue weighted by Crippen LogP contribution is 2.35. The summed E-state index contributed by atoms with van der Waals surface area (Å²) < 4.78 is 10.7. The maximum atomic E-state index is 5.42. The summed E-state index contributed by atoms with van der Waals surface area (Å²) in [6.07, 6.45) is 7.51. The Balaban J connectivity index is 2.01. The van der Waals surface area contributed by atoms with Gasteiger partial charge in [0.1, 0.15) is 0 Å². The first-order chi connectivity index (χ1) is 12.1. The monoisotopic (exact) mass is 338 g/mol. The van der Waals surface area contributed by atoms with Gasteiger partial charge >= 0.3 is 0 Å². The van der Waals surface area contributed by atoms with Crippen LogP contribution in [0.1, 0.15) is 37.3 Å². The predicted molar refractivity (Wildman–Crippen MR) is 106 cm³/mol. The summed E-state index contributed by atoms with van der Waals surface area (Å²) in [6, 6.07) is 16.9. The molecule has 0 saturated carbocycles. The molecule has 0 heterocycles. The average molecular weight is 338 g/mol. The maximum absolute atomic E-state index is 5.42. The van der Waals surface area contributed by atoms with E-state index in [0.717, 1.165) is 43.6 Å². The van der Waals surface area contributed by atoms with E-state index >= 15 is 0 Å². The third-order valence-electron chi connectivity index (χ3n) is 4.96. The number of ether oxygens (including phenoxy) is 2. The molecule has 0 aliphatic heterocycles. The average Bonchev–Trinajstić information content (AvgIpc) is 2.66. The highest BCUT2D eigenvalue weighted by Gasteiger charge is 2.22. The van der Waals surface area contributed by atoms with Gasteiger partial charge in [-0.1, -0.05) is 49.4 Å². The van der Waals surface area contributed by atoms with Crippen LogP contribution in [0, 0.1) is 5.41 Å². The third-order valence-corrected chi connectivity index (χ3v) is 4.96. The molecule has 0 amide bonds. The fourth-order valence-electron chi connectivity index (χ4n) is 3.25. The van der Waals surface area contributed by atoms with Gasteiger partial charge in [-0.25, -0.2) is 0 Å². The molecule has 0 spiro atoms. The second kappa shape index (κ2) is 9.31. The van der Waals surface area contributed by atoms with Gasteiger partial charge in [0.05, 0.1) is 14.2 Å². The molecule has 0 aliphatic rings. The van der Waals surface area contributed by atoms with Crippen LogP contribution in [-0.4, -0.2) is 14.2 Å². The summed E-state index contributed by atoms with van der Waals surface area (Å²) in [5.74, 6) is 1.58. The van der Waals surface area contributed by atoms with E-state index in [0.29, 0.717) is 0 Å². The lowest BCUT2D eigenvalue weighted by Crippen LogP contribution is -2.18. The van der Waals surface area contributed by atoms with Crippen molar-refractivity contribution in [1.82, 2.24) is 0 Å². The minimum absolute atomic E-state index is 0.255. The predicted octanol–water partition coefficient (Wildman–Crippen LogP) is 5.85. The van der Waals surface area contributed by atoms with E-state index < -0.39 is 0 Å². The summed E-state index contributed by atoms with van der Waals surface area (Å²) in [5, 5.41) is 0. The van der Waals surface area contributed by atoms with Gasteiger partial charge < -0.3 is 9.47 Å². The van der Waals surface area contributed by atoms with Crippen LogP contribution in [-0.2, 0) is 12.8 Å². The first-order valence-corrected chi connectivity index (χ1v) is 8.96. The Morgan fingerprint density at radius 1 is 0.880 bits per heavy atom. The molecule has 0 aromatic heterocycles. The van der Waals surface area contributed by atoms with E-state index in [1.807, 2.05) is 6.07 Å². The van der Waals surface area contributed by atoms with Crippen molar-refractivity contribution in [2.75, 3.05) is 14.2 Å². The van der Waals surface area contributed by atoms with E-state index in [9.17, 15) is 0 Å². The van der Waals surface area contributed by atoms with Crippen molar-refractivity contribution in [1.29, 1.82) is 0 Å². The van der Waals surface area contributed by atoms with Crippen molar-refractivity contribution in [2.45, 2.75) is 39.0 Å². The third kappa shape index (κ3) is 5.67. The largest absolute Gasteiger partial charge is 0.493 e. The second-order valence-corrected chi connectivity index (χ2v) is 6.98. The van der Waals surface area contributed by atoms with Crippen molar-refractivity contribution in [3.63, 3.8) is 0 Å². The lowest BCUT2D eigenvalue weighted by Gasteiger charge is -2.29. The number of allylic oxidation sites excluding steroid dienone is 1. The van der Waals surface area contributed by atoms with Crippen molar-refractivity contribution >= 4 is 0 Å². The quantitative estimate of drug-likeness (QED) is 0.506. The molecule has 2 heteroatoms. The van der Waals surface area contributed by atoms with E-state index in [1.54, 1.807) is 14.2 Å². The molecule has 0 fully saturated rings. The van der Waals surface area contributed by atoms with Crippen LogP contribution in [0.2, 0.25) is 0 Å². The normalized spacial score (nSPS) is 13.1. The molecule has 0 N–H and O–H groups in total. The van der Waals surface area contributed by atoms with Crippen LogP contribution in [0.25, 0.3) is 0 Å². The fraction of sp³-hybridized carbons (Fsp3) is 0.391. The Labute approximate surface area is 152 Å². The van der Waals surface area contributed by atoms with E-state index in [4.69, 9.17) is 9.47 Å². The topological polar surface area (TPSA) is 18.5 Å². The molecule has 2 rings (SSSR count). The van der Waals surface area contributed by atoms with Crippen LogP contribution in [0.4, 0.5) is 0 Å². The summed E-state index contributed by atoms with van der Waals surface area (Å²) >= 11 is 0. The molecule has 134 valence electrons. The molecular formula is C23H30O2. The van der Waals surface area contributed by atoms with Gasteiger partial charge in [-0.15, -0.1) is 6.58 Å². The van der Waals surface area contributed by atoms with Gasteiger partial charge in [-0.3, -0.25) is 0 Å². The first kappa shape index (κ1) is 19.1. The zero-order valence-corrected chi connectivity index (χ0v) is 15.8. The zero-order valence-electron chi connectivity index (χ0n) is 15.8. The molecule has 0 bridgehead atoms. The second-order valence-electron chi connectivity index (χ2n) is 6.98. The summed E-state index contributed by atoms with van der Waals surface area (Å²) in [6.45, 7) is 6.34. The van der Waals surface area contributed by atoms with Gasteiger partial charge in [0.25, 0.3) is 0 Å². The van der Waals surface area contributed by atoms with Gasteiger partial charge in [0, 0.05) is 0 Å². The van der Waals surface area contributed by atoms with E-state index in [1.165, 1.54) is 11.1 Å². The highest BCUT2D eigenvalue weighted by molar-refractivity contribution is 5.42. The molecule has 1 atom stereocenters. The number of aryl methyl sites for hydroxylation is 2. The molecule has 0 saturated heterocycles. The molecular weight excluding hydrogens is 308 g/mol. The summed E-state index contributed by atoms with van der Waals surface area (Å²) in [5.41, 5.74) is 2.95. The minimum Gasteiger partial charge on any atom is -0.493 e. The van der Waals surface area contributed by atoms with Crippen molar-refractivity contribution in [3.05, 3.63) is 72.3 Å². The molecule has 25 heavy (non-hydrogen) atoms. The minimum atomic E-state index is 0.255. The van der Waals surface area contributed by atoms with Crippen molar-refractivity contribution in [2.24, 2.45) is 5.41 Å². The van der Waals surface area contributed by atoms with Crippen LogP contribution in [0.5, 0.6) is 11.5 Å². The van der Waals surface area contributed by atoms with Crippen molar-refractivity contribution < 1.29 is 9.47 Å². The SMILES string of the molecule is C=CC[C@](C)(CCc1ccccc1)CCc1ccc(OC)c(OC)c1. The number of hydrogen-bond donors (Lipinski definition) is 0. The lowest BCUT2D eigenvalue weighted by molar-refractivity contribution is 0.276. The van der Waals surface area contributed by atoms with Crippen LogP contribution in [0.3, 0.4) is 0 Å². The van der Waals surface area contributed by atoms with Crippen molar-refractivity contribution in [3.8, 4) is 11.5 Å². The Morgan fingerprint density at radius 3 is 2.12 bits per heavy atom. The fourth-order valence-corrected chi connectivity index (χ4v) is 3.25. The molecule has 2 nitrogen and oxygen atoms in total. The summed E-state index contributed by atoms with van der Waals surface area (Å²) in [7, 11) is 3.35. The molecule has 2 aromatic carbocycles. The number of benzene rings is 2. The molecule has 0 unspecified atom stereocenters. The van der Waals surface area contributed by atoms with E-state index in [2.05, 4.69) is 62.0 Å². The Kier molecular flexibility index (Phi) is 7.12. The molecule has 0 aliphatic carbocycles. The highest BCUT2D eigenvalue weighted by atomic mass is 16.5. The van der Waals surface area contributed by atoms with Gasteiger partial charge in [0.2, 0.25) is 0 Å². The van der Waals surface area contributed by atoms with E-state index in [-0.39, 0.29) is 5.41 Å². The van der Waals surface area contributed by atoms with Crippen LogP contribution in [0.15, 0.2) is 61.2 Å². The number of methoxy groups -OCH3 is 2. The van der Waals surface area contributed by atoms with Gasteiger partial charge in [-0.2, -0.15) is 0 Å². The Morgan fingerprint density at radius 2 is 1.52 bits per heavy atom. The number of hydrogen-bond acceptors (Lipinski definition) is 2. The Bertz CT molecular complexity index is 663. The maximum Gasteiger partial charge on any atom is 0.160 e. The molecule has 2 aromatic rings. The Hall–Kier alpha value is -2.22. The molecule has 0 radical (unpaired) electrons. The van der Waals surface area contributed by atoms with Crippen LogP contribution < -0.4 is 9.47 Å². The smallest absolute Gasteiger partial charge is 0.160 e.